The first kappa shape index (κ1) is 27.1. The molecule has 1 heterocycles. The van der Waals surface area contributed by atoms with Crippen molar-refractivity contribution in [1.29, 1.82) is 0 Å². The molecule has 1 unspecified atom stereocenters. The van der Waals surface area contributed by atoms with Crippen molar-refractivity contribution in [2.75, 3.05) is 33.8 Å². The van der Waals surface area contributed by atoms with Gasteiger partial charge in [-0.2, -0.15) is 0 Å². The first-order valence-corrected chi connectivity index (χ1v) is 12.2. The molecule has 0 aromatic heterocycles. The number of likely N-dealkylation sites (tertiary alicyclic amines) is 1. The highest BCUT2D eigenvalue weighted by Gasteiger charge is 2.32. The van der Waals surface area contributed by atoms with Crippen LogP contribution >= 0.6 is 0 Å². The Morgan fingerprint density at radius 3 is 2.17 bits per heavy atom. The Morgan fingerprint density at radius 2 is 1.64 bits per heavy atom. The summed E-state index contributed by atoms with van der Waals surface area (Å²) >= 11 is 0. The van der Waals surface area contributed by atoms with Crippen molar-refractivity contribution in [2.24, 2.45) is 5.41 Å². The number of amides is 2. The quantitative estimate of drug-likeness (QED) is 0.461. The monoisotopic (exact) mass is 489 g/mol. The summed E-state index contributed by atoms with van der Waals surface area (Å²) in [6.45, 7) is 7.04. The average molecular weight is 490 g/mol. The molecule has 2 aromatic rings. The third-order valence-corrected chi connectivity index (χ3v) is 6.49. The summed E-state index contributed by atoms with van der Waals surface area (Å²) in [7, 11) is 2.73. The molecule has 7 nitrogen and oxygen atoms in total. The second kappa shape index (κ2) is 12.0. The largest absolute Gasteiger partial charge is 0.388 e. The number of nitrogens with zero attached hydrogens (tertiary/aromatic N) is 2. The Balaban J connectivity index is 1.63. The number of aliphatic hydroxyl groups excluding tert-OH is 1. The van der Waals surface area contributed by atoms with E-state index < -0.39 is 30.2 Å². The highest BCUT2D eigenvalue weighted by atomic mass is 16.3. The lowest BCUT2D eigenvalue weighted by Crippen LogP contribution is -2.52. The minimum atomic E-state index is -1.39. The molecule has 0 radical (unpaired) electrons. The highest BCUT2D eigenvalue weighted by molar-refractivity contribution is 6.10. The molecule has 2 N–H and O–H groups in total. The predicted molar refractivity (Wildman–Crippen MR) is 139 cm³/mol. The molecule has 2 aromatic carbocycles. The van der Waals surface area contributed by atoms with Crippen molar-refractivity contribution in [3.8, 4) is 11.8 Å². The van der Waals surface area contributed by atoms with E-state index in [9.17, 15) is 14.4 Å². The number of aliphatic hydroxyl groups is 1. The third-order valence-electron chi connectivity index (χ3n) is 6.49. The van der Waals surface area contributed by atoms with Crippen molar-refractivity contribution >= 4 is 17.6 Å². The molecule has 1 atom stereocenters. The molecule has 1 fully saturated rings. The predicted octanol–water partition coefficient (Wildman–Crippen LogP) is 2.46. The lowest BCUT2D eigenvalue weighted by molar-refractivity contribution is -0.135. The molecule has 7 heteroatoms. The summed E-state index contributed by atoms with van der Waals surface area (Å²) in [5.41, 5.74) is 3.62. The Hall–Kier alpha value is -3.47. The Morgan fingerprint density at radius 1 is 1.06 bits per heavy atom. The van der Waals surface area contributed by atoms with Crippen LogP contribution in [0.4, 0.5) is 0 Å². The number of carbonyl (C=O) groups is 3. The van der Waals surface area contributed by atoms with Gasteiger partial charge in [0.05, 0.1) is 0 Å². The van der Waals surface area contributed by atoms with Crippen LogP contribution in [0.15, 0.2) is 48.5 Å². The number of hydrogen-bond acceptors (Lipinski definition) is 5. The number of hydrogen-bond donors (Lipinski definition) is 2. The molecule has 190 valence electrons. The first-order valence-electron chi connectivity index (χ1n) is 12.2. The minimum absolute atomic E-state index is 0.313. The molecule has 0 saturated carbocycles. The van der Waals surface area contributed by atoms with Gasteiger partial charge in [0, 0.05) is 43.9 Å². The molecule has 0 bridgehead atoms. The number of carbonyl (C=O) groups excluding carboxylic acids is 3. The fourth-order valence-electron chi connectivity index (χ4n) is 4.55. The van der Waals surface area contributed by atoms with E-state index in [1.165, 1.54) is 32.5 Å². The fraction of sp³-hybridized carbons (Fsp3) is 0.414. The van der Waals surface area contributed by atoms with E-state index in [2.05, 4.69) is 48.0 Å². The standard InChI is InChI=1S/C29H35N3O4/c1-29(2)16-5-17-32(20-29)18-23-10-8-21(9-11-23)6-7-22-12-14-24(15-13-22)28(36)31(4)26(25(34)19-33)27(35)30-3/h8-15,26,33H,5,16-20H2,1-4H3,(H,30,35). The van der Waals surface area contributed by atoms with Crippen molar-refractivity contribution in [1.82, 2.24) is 15.1 Å². The zero-order valence-electron chi connectivity index (χ0n) is 21.5. The molecule has 0 spiro atoms. The van der Waals surface area contributed by atoms with Gasteiger partial charge in [-0.25, -0.2) is 0 Å². The van der Waals surface area contributed by atoms with E-state index in [4.69, 9.17) is 5.11 Å². The van der Waals surface area contributed by atoms with Crippen molar-refractivity contribution in [3.05, 3.63) is 70.8 Å². The first-order chi connectivity index (χ1) is 17.1. The van der Waals surface area contributed by atoms with E-state index in [1.54, 1.807) is 24.3 Å². The topological polar surface area (TPSA) is 90.0 Å². The molecule has 1 saturated heterocycles. The number of benzene rings is 2. The van der Waals surface area contributed by atoms with E-state index >= 15 is 0 Å². The zero-order valence-corrected chi connectivity index (χ0v) is 21.5. The summed E-state index contributed by atoms with van der Waals surface area (Å²) in [6, 6.07) is 13.6. The van der Waals surface area contributed by atoms with Crippen LogP contribution in [0, 0.1) is 17.3 Å². The molecule has 36 heavy (non-hydrogen) atoms. The Bertz CT molecular complexity index is 1130. The summed E-state index contributed by atoms with van der Waals surface area (Å²) in [6.07, 6.45) is 2.52. The van der Waals surface area contributed by atoms with Gasteiger partial charge in [0.1, 0.15) is 6.61 Å². The maximum atomic E-state index is 12.8. The van der Waals surface area contributed by atoms with Crippen LogP contribution in [0.25, 0.3) is 0 Å². The molecule has 1 aliphatic rings. The zero-order chi connectivity index (χ0) is 26.3. The summed E-state index contributed by atoms with van der Waals surface area (Å²) in [5.74, 6) is 4.36. The lowest BCUT2D eigenvalue weighted by Gasteiger charge is -2.38. The van der Waals surface area contributed by atoms with Crippen molar-refractivity contribution < 1.29 is 19.5 Å². The van der Waals surface area contributed by atoms with Crippen LogP contribution in [0.2, 0.25) is 0 Å². The Kier molecular flexibility index (Phi) is 9.03. The molecular formula is C29H35N3O4. The molecule has 2 amide bonds. The maximum absolute atomic E-state index is 12.8. The normalized spacial score (nSPS) is 15.8. The van der Waals surface area contributed by atoms with Gasteiger partial charge in [-0.15, -0.1) is 0 Å². The molecular weight excluding hydrogens is 454 g/mol. The van der Waals surface area contributed by atoms with Gasteiger partial charge in [-0.05, 0) is 66.8 Å². The average Bonchev–Trinajstić information content (AvgIpc) is 2.87. The summed E-state index contributed by atoms with van der Waals surface area (Å²) < 4.78 is 0. The number of nitrogens with one attached hydrogen (secondary N) is 1. The van der Waals surface area contributed by atoms with E-state index in [-0.39, 0.29) is 0 Å². The van der Waals surface area contributed by atoms with Gasteiger partial charge >= 0.3 is 0 Å². The van der Waals surface area contributed by atoms with Crippen LogP contribution in [0.1, 0.15) is 53.7 Å². The second-order valence-electron chi connectivity index (χ2n) is 10.1. The smallest absolute Gasteiger partial charge is 0.254 e. The van der Waals surface area contributed by atoms with Gasteiger partial charge in [-0.1, -0.05) is 37.8 Å². The van der Waals surface area contributed by atoms with Crippen LogP contribution < -0.4 is 5.32 Å². The number of rotatable bonds is 7. The van der Waals surface area contributed by atoms with Gasteiger partial charge in [0.25, 0.3) is 5.91 Å². The number of piperidine rings is 1. The number of Topliss-reactive ketones (excluding diaryl/α,β-unsaturated/α-hetero) is 1. The van der Waals surface area contributed by atoms with E-state index in [0.29, 0.717) is 11.0 Å². The van der Waals surface area contributed by atoms with Crippen molar-refractivity contribution in [2.45, 2.75) is 39.3 Å². The van der Waals surface area contributed by atoms with Crippen LogP contribution in [-0.2, 0) is 16.1 Å². The van der Waals surface area contributed by atoms with Crippen LogP contribution in [0.3, 0.4) is 0 Å². The minimum Gasteiger partial charge on any atom is -0.388 e. The number of likely N-dealkylation sites (N-methyl/N-ethyl adjacent to an activating group) is 2. The fourth-order valence-corrected chi connectivity index (χ4v) is 4.55. The number of ketones is 1. The SMILES string of the molecule is CNC(=O)C(C(=O)CO)N(C)C(=O)c1ccc(C#Cc2ccc(CN3CCCC(C)(C)C3)cc2)cc1. The maximum Gasteiger partial charge on any atom is 0.254 e. The van der Waals surface area contributed by atoms with Crippen LogP contribution in [-0.4, -0.2) is 72.3 Å². The molecule has 3 rings (SSSR count). The van der Waals surface area contributed by atoms with E-state index in [1.807, 2.05) is 12.1 Å². The molecule has 1 aliphatic heterocycles. The van der Waals surface area contributed by atoms with Gasteiger partial charge in [0.15, 0.2) is 11.8 Å². The lowest BCUT2D eigenvalue weighted by atomic mass is 9.84. The summed E-state index contributed by atoms with van der Waals surface area (Å²) in [4.78, 5) is 40.4. The van der Waals surface area contributed by atoms with Gasteiger partial charge < -0.3 is 15.3 Å². The highest BCUT2D eigenvalue weighted by Crippen LogP contribution is 2.29. The third kappa shape index (κ3) is 7.03. The van der Waals surface area contributed by atoms with Crippen molar-refractivity contribution in [3.63, 3.8) is 0 Å². The second-order valence-corrected chi connectivity index (χ2v) is 10.1. The Labute approximate surface area is 213 Å². The molecule has 0 aliphatic carbocycles. The van der Waals surface area contributed by atoms with Gasteiger partial charge in [0.2, 0.25) is 5.91 Å². The van der Waals surface area contributed by atoms with E-state index in [0.717, 1.165) is 35.7 Å². The van der Waals surface area contributed by atoms with Crippen LogP contribution in [0.5, 0.6) is 0 Å². The summed E-state index contributed by atoms with van der Waals surface area (Å²) in [5, 5.41) is 11.5. The van der Waals surface area contributed by atoms with Gasteiger partial charge in [-0.3, -0.25) is 19.3 Å².